The molecule has 0 saturated heterocycles. The highest BCUT2D eigenvalue weighted by molar-refractivity contribution is 6.28. The van der Waals surface area contributed by atoms with E-state index in [1.54, 1.807) is 42.6 Å². The number of nitrogens with zero attached hydrogens (tertiary/aromatic N) is 5. The van der Waals surface area contributed by atoms with Gasteiger partial charge in [0.1, 0.15) is 11.9 Å². The predicted octanol–water partition coefficient (Wildman–Crippen LogP) is 5.24. The lowest BCUT2D eigenvalue weighted by Crippen LogP contribution is -2.06. The lowest BCUT2D eigenvalue weighted by atomic mass is 10.1. The first-order valence-corrected chi connectivity index (χ1v) is 9.26. The Morgan fingerprint density at radius 2 is 1.80 bits per heavy atom. The molecule has 1 aromatic carbocycles. The van der Waals surface area contributed by atoms with Gasteiger partial charge in [0.25, 0.3) is 0 Å². The van der Waals surface area contributed by atoms with Crippen molar-refractivity contribution in [2.75, 3.05) is 0 Å². The summed E-state index contributed by atoms with van der Waals surface area (Å²) in [6.45, 7) is 1.83. The minimum absolute atomic E-state index is 0.0222. The molecule has 0 fully saturated rings. The van der Waals surface area contributed by atoms with E-state index in [1.165, 1.54) is 11.6 Å². The largest absolute Gasteiger partial charge is 0.469 e. The van der Waals surface area contributed by atoms with Crippen LogP contribution in [0.2, 0.25) is 5.28 Å². The Balaban J connectivity index is 1.59. The number of rotatable bonds is 4. The Labute approximate surface area is 174 Å². The molecule has 0 aliphatic rings. The fraction of sp³-hybridized carbons (Fsp3) is 0.200. The highest BCUT2D eigenvalue weighted by Gasteiger charge is 2.34. The fourth-order valence-corrected chi connectivity index (χ4v) is 3.17. The molecule has 0 aliphatic carbocycles. The molecule has 10 heteroatoms. The summed E-state index contributed by atoms with van der Waals surface area (Å²) in [6.07, 6.45) is -2.33. The van der Waals surface area contributed by atoms with Gasteiger partial charge < -0.3 is 9.30 Å². The summed E-state index contributed by atoms with van der Waals surface area (Å²) in [4.78, 5) is 16.1. The molecule has 0 aliphatic heterocycles. The van der Waals surface area contributed by atoms with Crippen molar-refractivity contribution < 1.29 is 17.9 Å². The van der Waals surface area contributed by atoms with Crippen LogP contribution >= 0.6 is 11.6 Å². The van der Waals surface area contributed by atoms with Crippen molar-refractivity contribution in [2.45, 2.75) is 19.2 Å². The van der Waals surface area contributed by atoms with Gasteiger partial charge in [-0.2, -0.15) is 23.1 Å². The third kappa shape index (κ3) is 3.93. The van der Waals surface area contributed by atoms with Crippen LogP contribution in [0, 0.1) is 0 Å². The smallest absolute Gasteiger partial charge is 0.434 e. The van der Waals surface area contributed by atoms with E-state index in [1.807, 2.05) is 6.92 Å². The molecule has 0 N–H and O–H groups in total. The second kappa shape index (κ2) is 7.56. The maximum atomic E-state index is 12.9. The topological polar surface area (TPSA) is 65.7 Å². The lowest BCUT2D eigenvalue weighted by molar-refractivity contribution is -0.140. The van der Waals surface area contributed by atoms with Gasteiger partial charge in [0.15, 0.2) is 11.3 Å². The van der Waals surface area contributed by atoms with Crippen LogP contribution in [0.5, 0.6) is 5.88 Å². The summed E-state index contributed by atoms with van der Waals surface area (Å²) < 4.78 is 46.0. The molecule has 4 aromatic rings. The van der Waals surface area contributed by atoms with Gasteiger partial charge in [-0.25, -0.2) is 9.97 Å². The van der Waals surface area contributed by atoms with Gasteiger partial charge in [-0.05, 0) is 36.2 Å². The van der Waals surface area contributed by atoms with Crippen molar-refractivity contribution >= 4 is 22.6 Å². The summed E-state index contributed by atoms with van der Waals surface area (Å²) >= 11 is 5.96. The van der Waals surface area contributed by atoms with E-state index < -0.39 is 18.0 Å². The summed E-state index contributed by atoms with van der Waals surface area (Å²) in [5.41, 5.74) is 0.853. The summed E-state index contributed by atoms with van der Waals surface area (Å²) in [6, 6.07) is 10.5. The van der Waals surface area contributed by atoms with Gasteiger partial charge in [-0.1, -0.05) is 24.3 Å². The zero-order valence-corrected chi connectivity index (χ0v) is 16.6. The van der Waals surface area contributed by atoms with Crippen molar-refractivity contribution in [1.82, 2.24) is 24.5 Å². The molecule has 3 heterocycles. The van der Waals surface area contributed by atoms with Gasteiger partial charge in [0.2, 0.25) is 11.2 Å². The lowest BCUT2D eigenvalue weighted by Gasteiger charge is -2.16. The monoisotopic (exact) mass is 433 g/mol. The summed E-state index contributed by atoms with van der Waals surface area (Å²) in [5, 5.41) is 0.645. The number of benzene rings is 1. The molecule has 6 nitrogen and oxygen atoms in total. The van der Waals surface area contributed by atoms with Crippen LogP contribution < -0.4 is 4.74 Å². The number of aromatic nitrogens is 5. The molecule has 154 valence electrons. The van der Waals surface area contributed by atoms with Crippen molar-refractivity contribution in [3.05, 3.63) is 65.3 Å². The quantitative estimate of drug-likeness (QED) is 0.412. The van der Waals surface area contributed by atoms with E-state index in [9.17, 15) is 13.2 Å². The fourth-order valence-electron chi connectivity index (χ4n) is 3.01. The van der Waals surface area contributed by atoms with E-state index in [0.29, 0.717) is 22.5 Å². The van der Waals surface area contributed by atoms with Gasteiger partial charge in [0.05, 0.1) is 5.39 Å². The van der Waals surface area contributed by atoms with Crippen molar-refractivity contribution in [3.8, 4) is 17.3 Å². The van der Waals surface area contributed by atoms with Crippen LogP contribution in [0.4, 0.5) is 13.2 Å². The summed E-state index contributed by atoms with van der Waals surface area (Å²) in [7, 11) is 1.52. The number of hydrogen-bond donors (Lipinski definition) is 0. The van der Waals surface area contributed by atoms with Crippen LogP contribution in [0.25, 0.3) is 22.4 Å². The van der Waals surface area contributed by atoms with Crippen LogP contribution in [0.1, 0.15) is 24.3 Å². The van der Waals surface area contributed by atoms with Gasteiger partial charge in [-0.15, -0.1) is 0 Å². The molecule has 0 bridgehead atoms. The third-order valence-electron chi connectivity index (χ3n) is 4.50. The van der Waals surface area contributed by atoms with E-state index in [4.69, 9.17) is 16.3 Å². The molecular formula is C20H15ClF3N5O. The highest BCUT2D eigenvalue weighted by Crippen LogP contribution is 2.32. The van der Waals surface area contributed by atoms with Crippen molar-refractivity contribution in [2.24, 2.45) is 7.05 Å². The van der Waals surface area contributed by atoms with Gasteiger partial charge in [-0.3, -0.25) is 0 Å². The van der Waals surface area contributed by atoms with E-state index in [-0.39, 0.29) is 11.1 Å². The average molecular weight is 434 g/mol. The number of alkyl halides is 3. The van der Waals surface area contributed by atoms with E-state index in [0.717, 1.165) is 11.8 Å². The number of aryl methyl sites for hydroxylation is 1. The molecular weight excluding hydrogens is 419 g/mol. The van der Waals surface area contributed by atoms with Crippen LogP contribution in [0.15, 0.2) is 48.8 Å². The molecule has 0 spiro atoms. The standard InChI is InChI=1S/C20H15ClF3N5O/c1-11(30-18-14-4-3-9-25-16(14)27-19(21)28-18)12-5-7-13(8-6-12)17-26-15(10-29(17)2)20(22,23)24/h3-11H,1-2H3. The van der Waals surface area contributed by atoms with Crippen LogP contribution in [0.3, 0.4) is 0 Å². The maximum absolute atomic E-state index is 12.9. The number of hydrogen-bond acceptors (Lipinski definition) is 5. The zero-order valence-electron chi connectivity index (χ0n) is 15.9. The number of fused-ring (bicyclic) bond motifs is 1. The molecule has 3 aromatic heterocycles. The molecule has 0 radical (unpaired) electrons. The molecule has 1 unspecified atom stereocenters. The number of ether oxygens (including phenoxy) is 1. The van der Waals surface area contributed by atoms with Gasteiger partial charge in [0, 0.05) is 25.0 Å². The third-order valence-corrected chi connectivity index (χ3v) is 4.67. The Morgan fingerprint density at radius 1 is 1.07 bits per heavy atom. The summed E-state index contributed by atoms with van der Waals surface area (Å²) in [5.74, 6) is 0.524. The molecule has 30 heavy (non-hydrogen) atoms. The Kier molecular flexibility index (Phi) is 5.07. The average Bonchev–Trinajstić information content (AvgIpc) is 3.10. The maximum Gasteiger partial charge on any atom is 0.434 e. The second-order valence-corrected chi connectivity index (χ2v) is 6.95. The Morgan fingerprint density at radius 3 is 2.47 bits per heavy atom. The SMILES string of the molecule is CC(Oc1nc(Cl)nc2ncccc12)c1ccc(-c2nc(C(F)(F)F)cn2C)cc1. The molecule has 0 amide bonds. The number of halogens is 4. The minimum Gasteiger partial charge on any atom is -0.469 e. The molecule has 0 saturated carbocycles. The van der Waals surface area contributed by atoms with Crippen molar-refractivity contribution in [1.29, 1.82) is 0 Å². The first kappa shape index (κ1) is 20.1. The van der Waals surface area contributed by atoms with Crippen LogP contribution in [-0.2, 0) is 13.2 Å². The zero-order chi connectivity index (χ0) is 21.5. The molecule has 1 atom stereocenters. The van der Waals surface area contributed by atoms with Crippen molar-refractivity contribution in [3.63, 3.8) is 0 Å². The van der Waals surface area contributed by atoms with Crippen LogP contribution in [-0.4, -0.2) is 24.5 Å². The van der Waals surface area contributed by atoms with E-state index >= 15 is 0 Å². The second-order valence-electron chi connectivity index (χ2n) is 6.61. The normalized spacial score (nSPS) is 12.9. The Hall–Kier alpha value is -3.20. The molecule has 4 rings (SSSR count). The predicted molar refractivity (Wildman–Crippen MR) is 105 cm³/mol. The van der Waals surface area contributed by atoms with E-state index in [2.05, 4.69) is 19.9 Å². The number of imidazole rings is 1. The minimum atomic E-state index is -4.49. The number of pyridine rings is 1. The first-order chi connectivity index (χ1) is 14.2. The highest BCUT2D eigenvalue weighted by atomic mass is 35.5. The first-order valence-electron chi connectivity index (χ1n) is 8.88. The Bertz CT molecular complexity index is 1210. The van der Waals surface area contributed by atoms with Gasteiger partial charge >= 0.3 is 6.18 Å².